The van der Waals surface area contributed by atoms with Crippen molar-refractivity contribution in [2.24, 2.45) is 29.6 Å². The van der Waals surface area contributed by atoms with Crippen LogP contribution in [0.5, 0.6) is 0 Å². The monoisotopic (exact) mass is 448 g/mol. The molecule has 1 heterocycles. The molecule has 0 radical (unpaired) electrons. The number of likely N-dealkylation sites (tertiary alicyclic amines) is 1. The van der Waals surface area contributed by atoms with Gasteiger partial charge in [0, 0.05) is 11.1 Å². The molecule has 3 aliphatic rings. The molecule has 2 saturated carbocycles. The first-order chi connectivity index (χ1) is 15.9. The Labute approximate surface area is 192 Å². The summed E-state index contributed by atoms with van der Waals surface area (Å²) >= 11 is 0. The highest BCUT2D eigenvalue weighted by Crippen LogP contribution is 2.56. The Morgan fingerprint density at radius 1 is 1.00 bits per heavy atom. The number of nitrogens with zero attached hydrogens (tertiary/aromatic N) is 1. The predicted molar refractivity (Wildman–Crippen MR) is 122 cm³/mol. The van der Waals surface area contributed by atoms with Gasteiger partial charge in [-0.3, -0.25) is 19.3 Å². The number of nitrogens with one attached hydrogen (secondary N) is 1. The molecule has 5 rings (SSSR count). The average Bonchev–Trinajstić information content (AvgIpc) is 3.48. The van der Waals surface area contributed by atoms with Gasteiger partial charge in [0.05, 0.1) is 11.8 Å². The van der Waals surface area contributed by atoms with Crippen LogP contribution in [0.1, 0.15) is 33.1 Å². The average molecular weight is 449 g/mol. The van der Waals surface area contributed by atoms with E-state index in [0.717, 1.165) is 34.9 Å². The van der Waals surface area contributed by atoms with Crippen molar-refractivity contribution < 1.29 is 23.9 Å². The third-order valence-corrected chi connectivity index (χ3v) is 7.52. The summed E-state index contributed by atoms with van der Waals surface area (Å²) in [6, 6.07) is 12.2. The third-order valence-electron chi connectivity index (χ3n) is 7.52. The summed E-state index contributed by atoms with van der Waals surface area (Å²) in [4.78, 5) is 53.0. The van der Waals surface area contributed by atoms with Crippen LogP contribution in [0.4, 0.5) is 5.69 Å². The SMILES string of the molecule is CC(C)[C@H](C(=O)OCC(=O)Nc1cccc2ccccc12)N1C(=O)[C@H]2[C@H]3CC[C@@H](C3)[C@@H]2C1=O. The Bertz CT molecular complexity index is 1110. The number of esters is 1. The first-order valence-corrected chi connectivity index (χ1v) is 11.7. The van der Waals surface area contributed by atoms with Crippen LogP contribution in [0.3, 0.4) is 0 Å². The summed E-state index contributed by atoms with van der Waals surface area (Å²) in [6.07, 6.45) is 2.89. The van der Waals surface area contributed by atoms with Gasteiger partial charge >= 0.3 is 5.97 Å². The van der Waals surface area contributed by atoms with Crippen LogP contribution < -0.4 is 5.32 Å². The second kappa shape index (κ2) is 8.28. The molecule has 2 aromatic rings. The van der Waals surface area contributed by atoms with Crippen molar-refractivity contribution in [2.45, 2.75) is 39.2 Å². The summed E-state index contributed by atoms with van der Waals surface area (Å²) in [6.45, 7) is 3.08. The molecule has 2 aliphatic carbocycles. The molecule has 33 heavy (non-hydrogen) atoms. The zero-order valence-electron chi connectivity index (χ0n) is 18.8. The molecule has 0 unspecified atom stereocenters. The second-order valence-electron chi connectivity index (χ2n) is 9.80. The molecule has 172 valence electrons. The van der Waals surface area contributed by atoms with E-state index in [4.69, 9.17) is 4.74 Å². The maximum atomic E-state index is 13.2. The van der Waals surface area contributed by atoms with Crippen LogP contribution in [0, 0.1) is 29.6 Å². The summed E-state index contributed by atoms with van der Waals surface area (Å²) < 4.78 is 5.31. The Hall–Kier alpha value is -3.22. The molecule has 0 spiro atoms. The van der Waals surface area contributed by atoms with Gasteiger partial charge in [-0.05, 0) is 48.5 Å². The van der Waals surface area contributed by atoms with Crippen LogP contribution in [-0.4, -0.2) is 41.2 Å². The number of rotatable bonds is 6. The van der Waals surface area contributed by atoms with Gasteiger partial charge in [-0.25, -0.2) is 4.79 Å². The van der Waals surface area contributed by atoms with Crippen LogP contribution in [0.2, 0.25) is 0 Å². The molecule has 1 saturated heterocycles. The van der Waals surface area contributed by atoms with Crippen molar-refractivity contribution in [3.8, 4) is 0 Å². The quantitative estimate of drug-likeness (QED) is 0.540. The fourth-order valence-corrected chi connectivity index (χ4v) is 6.12. The Morgan fingerprint density at radius 3 is 2.30 bits per heavy atom. The fourth-order valence-electron chi connectivity index (χ4n) is 6.12. The maximum Gasteiger partial charge on any atom is 0.330 e. The number of hydrogen-bond donors (Lipinski definition) is 1. The highest BCUT2D eigenvalue weighted by Gasteiger charge is 2.62. The number of ether oxygens (including phenoxy) is 1. The molecule has 3 fully saturated rings. The van der Waals surface area contributed by atoms with E-state index in [2.05, 4.69) is 5.32 Å². The highest BCUT2D eigenvalue weighted by molar-refractivity contribution is 6.09. The zero-order valence-corrected chi connectivity index (χ0v) is 18.8. The molecule has 5 atom stereocenters. The van der Waals surface area contributed by atoms with Gasteiger partial charge in [-0.15, -0.1) is 0 Å². The first-order valence-electron chi connectivity index (χ1n) is 11.7. The number of hydrogen-bond acceptors (Lipinski definition) is 5. The smallest absolute Gasteiger partial charge is 0.330 e. The minimum atomic E-state index is -1.01. The molecule has 0 aromatic heterocycles. The lowest BCUT2D eigenvalue weighted by Crippen LogP contribution is -2.50. The Morgan fingerprint density at radius 2 is 1.64 bits per heavy atom. The zero-order chi connectivity index (χ0) is 23.3. The second-order valence-corrected chi connectivity index (χ2v) is 9.80. The van der Waals surface area contributed by atoms with E-state index >= 15 is 0 Å². The van der Waals surface area contributed by atoms with Crippen LogP contribution in [0.25, 0.3) is 10.8 Å². The van der Waals surface area contributed by atoms with Gasteiger partial charge in [0.2, 0.25) is 11.8 Å². The minimum absolute atomic E-state index is 0.243. The number of anilines is 1. The maximum absolute atomic E-state index is 13.2. The largest absolute Gasteiger partial charge is 0.454 e. The van der Waals surface area contributed by atoms with Crippen molar-refractivity contribution in [3.63, 3.8) is 0 Å². The van der Waals surface area contributed by atoms with Crippen molar-refractivity contribution in [1.82, 2.24) is 4.90 Å². The highest BCUT2D eigenvalue weighted by atomic mass is 16.5. The summed E-state index contributed by atoms with van der Waals surface area (Å²) in [7, 11) is 0. The van der Waals surface area contributed by atoms with Gasteiger partial charge in [0.25, 0.3) is 5.91 Å². The van der Waals surface area contributed by atoms with Crippen molar-refractivity contribution >= 4 is 40.2 Å². The van der Waals surface area contributed by atoms with E-state index < -0.39 is 24.5 Å². The van der Waals surface area contributed by atoms with Crippen LogP contribution >= 0.6 is 0 Å². The van der Waals surface area contributed by atoms with Gasteiger partial charge in [-0.2, -0.15) is 0 Å². The molecule has 3 amide bonds. The molecule has 2 aromatic carbocycles. The molecular formula is C26H28N2O5. The van der Waals surface area contributed by atoms with Crippen LogP contribution in [-0.2, 0) is 23.9 Å². The molecule has 2 bridgehead atoms. The van der Waals surface area contributed by atoms with Crippen molar-refractivity contribution in [1.29, 1.82) is 0 Å². The van der Waals surface area contributed by atoms with Gasteiger partial charge in [0.1, 0.15) is 6.04 Å². The van der Waals surface area contributed by atoms with Crippen molar-refractivity contribution in [3.05, 3.63) is 42.5 Å². The van der Waals surface area contributed by atoms with Gasteiger partial charge in [0.15, 0.2) is 6.61 Å². The topological polar surface area (TPSA) is 92.8 Å². The lowest BCUT2D eigenvalue weighted by atomic mass is 9.81. The number of fused-ring (bicyclic) bond motifs is 6. The molecular weight excluding hydrogens is 420 g/mol. The number of amides is 3. The van der Waals surface area contributed by atoms with Gasteiger partial charge in [-0.1, -0.05) is 50.2 Å². The normalized spacial score (nSPS) is 26.7. The van der Waals surface area contributed by atoms with E-state index in [1.165, 1.54) is 0 Å². The predicted octanol–water partition coefficient (Wildman–Crippen LogP) is 3.38. The number of benzene rings is 2. The van der Waals surface area contributed by atoms with E-state index in [-0.39, 0.29) is 41.4 Å². The summed E-state index contributed by atoms with van der Waals surface area (Å²) in [5.74, 6) is -2.08. The Balaban J connectivity index is 1.26. The molecule has 7 nitrogen and oxygen atoms in total. The van der Waals surface area contributed by atoms with Crippen molar-refractivity contribution in [2.75, 3.05) is 11.9 Å². The standard InChI is InChI=1S/C26H28N2O5/c1-14(2)23(28-24(30)21-16-10-11-17(12-16)22(21)25(28)31)26(32)33-13-20(29)27-19-9-5-7-15-6-3-4-8-18(15)19/h3-9,14,16-17,21-23H,10-13H2,1-2H3,(H,27,29)/t16-,17-,21-,22-,23+/m0/s1. The Kier molecular flexibility index (Phi) is 5.43. The third kappa shape index (κ3) is 3.59. The molecule has 1 aliphatic heterocycles. The lowest BCUT2D eigenvalue weighted by molar-refractivity contribution is -0.162. The number of carbonyl (C=O) groups excluding carboxylic acids is 4. The summed E-state index contributed by atoms with van der Waals surface area (Å²) in [5.41, 5.74) is 0.628. The number of imide groups is 1. The number of carbonyl (C=O) groups is 4. The summed E-state index contributed by atoms with van der Waals surface area (Å²) in [5, 5.41) is 4.65. The van der Waals surface area contributed by atoms with E-state index in [0.29, 0.717) is 5.69 Å². The van der Waals surface area contributed by atoms with Crippen LogP contribution in [0.15, 0.2) is 42.5 Å². The van der Waals surface area contributed by atoms with E-state index in [1.54, 1.807) is 19.9 Å². The minimum Gasteiger partial charge on any atom is -0.454 e. The van der Waals surface area contributed by atoms with E-state index in [9.17, 15) is 19.2 Å². The van der Waals surface area contributed by atoms with Gasteiger partial charge < -0.3 is 10.1 Å². The lowest BCUT2D eigenvalue weighted by Gasteiger charge is -2.28. The fraction of sp³-hybridized carbons (Fsp3) is 0.462. The molecule has 7 heteroatoms. The first kappa shape index (κ1) is 21.6. The molecule has 1 N–H and O–H groups in total. The van der Waals surface area contributed by atoms with E-state index in [1.807, 2.05) is 36.4 Å².